The van der Waals surface area contributed by atoms with Crippen molar-refractivity contribution in [1.82, 2.24) is 0 Å². The lowest BCUT2D eigenvalue weighted by Crippen LogP contribution is -1.87. The van der Waals surface area contributed by atoms with Crippen LogP contribution in [0.3, 0.4) is 0 Å². The lowest BCUT2D eigenvalue weighted by molar-refractivity contribution is 0.462. The summed E-state index contributed by atoms with van der Waals surface area (Å²) in [6.07, 6.45) is 0. The van der Waals surface area contributed by atoms with E-state index in [9.17, 15) is 5.11 Å². The number of benzene rings is 2. The van der Waals surface area contributed by atoms with Gasteiger partial charge in [0.2, 0.25) is 0 Å². The monoisotopic (exact) mass is 420 g/mol. The Hall–Kier alpha value is -0.520. The number of aromatic hydroxyl groups is 1. The van der Waals surface area contributed by atoms with Crippen molar-refractivity contribution in [3.8, 4) is 17.2 Å². The molecule has 0 aliphatic carbocycles. The van der Waals surface area contributed by atoms with Crippen LogP contribution in [0.25, 0.3) is 0 Å². The Morgan fingerprint density at radius 3 is 1.94 bits per heavy atom. The molecule has 0 radical (unpaired) electrons. The molecule has 2 rings (SSSR count). The fraction of sp³-hybridized carbons (Fsp3) is 0. The van der Waals surface area contributed by atoms with Gasteiger partial charge in [0.25, 0.3) is 0 Å². The summed E-state index contributed by atoms with van der Waals surface area (Å²) in [5.41, 5.74) is 0. The van der Waals surface area contributed by atoms with Crippen molar-refractivity contribution in [3.05, 3.63) is 49.8 Å². The Morgan fingerprint density at radius 2 is 1.41 bits per heavy atom. The molecule has 0 aliphatic heterocycles. The van der Waals surface area contributed by atoms with Crippen LogP contribution >= 0.6 is 47.8 Å². The second kappa shape index (κ2) is 5.42. The number of phenols is 1. The highest BCUT2D eigenvalue weighted by Gasteiger charge is 2.09. The minimum absolute atomic E-state index is 0.214. The predicted octanol–water partition coefficient (Wildman–Crippen LogP) is 5.47. The molecule has 17 heavy (non-hydrogen) atoms. The number of phenolic OH excluding ortho intramolecular Hbond substituents is 1. The first-order valence-corrected chi connectivity index (χ1v) is 7.05. The van der Waals surface area contributed by atoms with Gasteiger partial charge in [-0.1, -0.05) is 15.9 Å². The van der Waals surface area contributed by atoms with Gasteiger partial charge in [-0.15, -0.1) is 0 Å². The predicted molar refractivity (Wildman–Crippen MR) is 77.7 cm³/mol. The maximum absolute atomic E-state index is 9.19. The molecule has 0 fully saturated rings. The zero-order chi connectivity index (χ0) is 12.4. The minimum Gasteiger partial charge on any atom is -0.508 e. The zero-order valence-corrected chi connectivity index (χ0v) is 13.2. The topological polar surface area (TPSA) is 29.5 Å². The van der Waals surface area contributed by atoms with Crippen molar-refractivity contribution in [2.45, 2.75) is 0 Å². The molecule has 0 unspecified atom stereocenters. The molecule has 0 bridgehead atoms. The van der Waals surface area contributed by atoms with Gasteiger partial charge < -0.3 is 9.84 Å². The Kier molecular flexibility index (Phi) is 4.12. The van der Waals surface area contributed by atoms with Crippen LogP contribution < -0.4 is 4.74 Å². The third-order valence-corrected chi connectivity index (χ3v) is 3.66. The highest BCUT2D eigenvalue weighted by atomic mass is 79.9. The minimum atomic E-state index is 0.214. The normalized spacial score (nSPS) is 10.3. The number of hydrogen-bond acceptors (Lipinski definition) is 2. The molecule has 2 nitrogen and oxygen atoms in total. The van der Waals surface area contributed by atoms with E-state index in [0.29, 0.717) is 11.5 Å². The molecule has 0 amide bonds. The van der Waals surface area contributed by atoms with Crippen LogP contribution in [0, 0.1) is 0 Å². The molecule has 88 valence electrons. The smallest absolute Gasteiger partial charge is 0.155 e. The molecule has 5 heteroatoms. The lowest BCUT2D eigenvalue weighted by atomic mass is 10.3. The molecule has 0 aliphatic rings. The van der Waals surface area contributed by atoms with Crippen LogP contribution in [-0.2, 0) is 0 Å². The summed E-state index contributed by atoms with van der Waals surface area (Å²) < 4.78 is 8.36. The lowest BCUT2D eigenvalue weighted by Gasteiger charge is -2.10. The maximum Gasteiger partial charge on any atom is 0.155 e. The number of hydrogen-bond donors (Lipinski definition) is 1. The summed E-state index contributed by atoms with van der Waals surface area (Å²) in [6.45, 7) is 0. The van der Waals surface area contributed by atoms with Crippen molar-refractivity contribution in [3.63, 3.8) is 0 Å². The number of rotatable bonds is 2. The van der Waals surface area contributed by atoms with E-state index in [2.05, 4.69) is 47.8 Å². The summed E-state index contributed by atoms with van der Waals surface area (Å²) >= 11 is 10.3. The fourth-order valence-electron chi connectivity index (χ4n) is 1.26. The standard InChI is InChI=1S/C12H7Br3O2/c13-7-5-10(14)12(11(15)6-7)17-9-3-1-8(16)2-4-9/h1-6,16H. The van der Waals surface area contributed by atoms with E-state index in [1.165, 1.54) is 0 Å². The Morgan fingerprint density at radius 1 is 0.882 bits per heavy atom. The largest absolute Gasteiger partial charge is 0.508 e. The van der Waals surface area contributed by atoms with E-state index in [-0.39, 0.29) is 5.75 Å². The first kappa shape index (κ1) is 12.9. The number of ether oxygens (including phenoxy) is 1. The fourth-order valence-corrected chi connectivity index (χ4v) is 3.68. The van der Waals surface area contributed by atoms with Gasteiger partial charge in [-0.3, -0.25) is 0 Å². The van der Waals surface area contributed by atoms with Crippen molar-refractivity contribution < 1.29 is 9.84 Å². The van der Waals surface area contributed by atoms with E-state index in [1.807, 2.05) is 12.1 Å². The first-order valence-electron chi connectivity index (χ1n) is 4.67. The molecule has 0 aromatic heterocycles. The van der Waals surface area contributed by atoms with Crippen molar-refractivity contribution in [2.24, 2.45) is 0 Å². The quantitative estimate of drug-likeness (QED) is 0.695. The van der Waals surface area contributed by atoms with Crippen LogP contribution in [0.15, 0.2) is 49.8 Å². The average Bonchev–Trinajstić information content (AvgIpc) is 2.26. The van der Waals surface area contributed by atoms with E-state index in [4.69, 9.17) is 4.74 Å². The summed E-state index contributed by atoms with van der Waals surface area (Å²) in [6, 6.07) is 10.4. The molecule has 2 aromatic carbocycles. The van der Waals surface area contributed by atoms with Gasteiger partial charge in [-0.05, 0) is 68.3 Å². The second-order valence-corrected chi connectivity index (χ2v) is 5.92. The summed E-state index contributed by atoms with van der Waals surface area (Å²) in [7, 11) is 0. The van der Waals surface area contributed by atoms with Crippen LogP contribution in [0.5, 0.6) is 17.2 Å². The van der Waals surface area contributed by atoms with Crippen LogP contribution in [0.1, 0.15) is 0 Å². The Bertz CT molecular complexity index is 515. The van der Waals surface area contributed by atoms with Gasteiger partial charge in [-0.2, -0.15) is 0 Å². The highest BCUT2D eigenvalue weighted by Crippen LogP contribution is 2.39. The molecular weight excluding hydrogens is 416 g/mol. The Labute approximate surface area is 124 Å². The van der Waals surface area contributed by atoms with Gasteiger partial charge in [0.05, 0.1) is 8.95 Å². The van der Waals surface area contributed by atoms with E-state index in [0.717, 1.165) is 13.4 Å². The summed E-state index contributed by atoms with van der Waals surface area (Å²) in [4.78, 5) is 0. The van der Waals surface area contributed by atoms with E-state index < -0.39 is 0 Å². The van der Waals surface area contributed by atoms with Crippen LogP contribution in [0.4, 0.5) is 0 Å². The van der Waals surface area contributed by atoms with Crippen molar-refractivity contribution >= 4 is 47.8 Å². The van der Waals surface area contributed by atoms with Gasteiger partial charge in [0.15, 0.2) is 5.75 Å². The van der Waals surface area contributed by atoms with Gasteiger partial charge in [0, 0.05) is 4.47 Å². The van der Waals surface area contributed by atoms with Crippen LogP contribution in [-0.4, -0.2) is 5.11 Å². The maximum atomic E-state index is 9.19. The first-order chi connectivity index (χ1) is 8.06. The molecule has 0 spiro atoms. The third-order valence-electron chi connectivity index (χ3n) is 2.02. The summed E-state index contributed by atoms with van der Waals surface area (Å²) in [5.74, 6) is 1.57. The molecule has 0 saturated heterocycles. The second-order valence-electron chi connectivity index (χ2n) is 3.29. The molecule has 1 N–H and O–H groups in total. The highest BCUT2D eigenvalue weighted by molar-refractivity contribution is 9.11. The zero-order valence-electron chi connectivity index (χ0n) is 8.45. The Balaban J connectivity index is 2.33. The number of halogens is 3. The molecule has 0 saturated carbocycles. The van der Waals surface area contributed by atoms with Gasteiger partial charge in [0.1, 0.15) is 11.5 Å². The molecule has 2 aromatic rings. The van der Waals surface area contributed by atoms with Gasteiger partial charge >= 0.3 is 0 Å². The summed E-state index contributed by atoms with van der Waals surface area (Å²) in [5, 5.41) is 9.19. The van der Waals surface area contributed by atoms with E-state index >= 15 is 0 Å². The molecule has 0 atom stereocenters. The van der Waals surface area contributed by atoms with Crippen molar-refractivity contribution in [2.75, 3.05) is 0 Å². The molecular formula is C12H7Br3O2. The van der Waals surface area contributed by atoms with Crippen LogP contribution in [0.2, 0.25) is 0 Å². The van der Waals surface area contributed by atoms with Crippen molar-refractivity contribution in [1.29, 1.82) is 0 Å². The van der Waals surface area contributed by atoms with Gasteiger partial charge in [-0.25, -0.2) is 0 Å². The SMILES string of the molecule is Oc1ccc(Oc2c(Br)cc(Br)cc2Br)cc1. The van der Waals surface area contributed by atoms with E-state index in [1.54, 1.807) is 24.3 Å². The molecule has 0 heterocycles. The third kappa shape index (κ3) is 3.24. The average molecular weight is 423 g/mol.